The minimum atomic E-state index is -4.71. The van der Waals surface area contributed by atoms with Gasteiger partial charge in [-0.25, -0.2) is 0 Å². The molecule has 5 aliphatic rings. The second-order valence-electron chi connectivity index (χ2n) is 11.9. The quantitative estimate of drug-likeness (QED) is 0.227. The van der Waals surface area contributed by atoms with E-state index in [0.29, 0.717) is 17.3 Å². The average molecular weight is 720 g/mol. The third-order valence-electron chi connectivity index (χ3n) is 8.40. The van der Waals surface area contributed by atoms with E-state index >= 15 is 0 Å². The number of alkyl halides is 4. The number of carboxylic acid groups (broad SMARTS) is 1. The second kappa shape index (κ2) is 14.3. The van der Waals surface area contributed by atoms with Crippen LogP contribution in [-0.4, -0.2) is 81.0 Å². The minimum Gasteiger partial charge on any atom is -0.512 e. The molecule has 5 N–H and O–H groups in total. The Morgan fingerprint density at radius 2 is 1.83 bits per heavy atom. The fourth-order valence-electron chi connectivity index (χ4n) is 6.07. The Morgan fingerprint density at radius 3 is 2.49 bits per heavy atom. The number of rotatable bonds is 9. The normalized spacial score (nSPS) is 27.1. The van der Waals surface area contributed by atoms with Gasteiger partial charge in [0.2, 0.25) is 17.7 Å². The SMILES string of the molecule is O=C(O)CN(CC1=CC2NC(=O)C(C3=CCC(Br)C=C3)NC2C=C1)C(=O)C1C=CC(NC(=O)CC2=C(C(F)(F)F)C=C(O)CC2)=CC1. The molecule has 0 aromatic carbocycles. The minimum absolute atomic E-state index is 0.00965. The average Bonchev–Trinajstić information content (AvgIpc) is 3.01. The lowest BCUT2D eigenvalue weighted by Gasteiger charge is -2.38. The number of nitrogens with zero attached hydrogens (tertiary/aromatic N) is 1. The summed E-state index contributed by atoms with van der Waals surface area (Å²) in [7, 11) is 0. The molecule has 5 unspecified atom stereocenters. The van der Waals surface area contributed by atoms with Crippen LogP contribution in [0.1, 0.15) is 32.1 Å². The number of nitrogens with one attached hydrogen (secondary N) is 3. The topological polar surface area (TPSA) is 148 Å². The first-order valence-electron chi connectivity index (χ1n) is 15.1. The maximum atomic E-state index is 13.4. The molecular weight excluding hydrogens is 685 g/mol. The van der Waals surface area contributed by atoms with Gasteiger partial charge in [-0.05, 0) is 48.1 Å². The molecular formula is C33H34BrF3N4O6. The Balaban J connectivity index is 1.18. The summed E-state index contributed by atoms with van der Waals surface area (Å²) >= 11 is 3.53. The standard InChI is InChI=1S/C33H34BrF3N4O6/c34-22-7-2-19(3-8-22)30-31(46)40-27-13-18(1-12-26(27)39-30)16-41(17-29(44)45)32(47)20-4-9-23(10-5-20)38-28(43)14-21-6-11-24(42)15-25(21)33(35,36)37/h1-4,7,9-10,12-13,15,20,22,26-27,30,39,42H,5-6,8,11,14,16-17H2,(H,38,43)(H,40,46)(H,44,45). The first kappa shape index (κ1) is 34.2. The fraction of sp³-hybridized carbons (Fsp3) is 0.394. The molecule has 4 aliphatic carbocycles. The third kappa shape index (κ3) is 8.60. The summed E-state index contributed by atoms with van der Waals surface area (Å²) in [5.41, 5.74) is 0.689. The number of piperazine rings is 1. The first-order valence-corrected chi connectivity index (χ1v) is 16.0. The van der Waals surface area contributed by atoms with E-state index in [1.54, 1.807) is 18.2 Å². The molecule has 250 valence electrons. The molecule has 14 heteroatoms. The van der Waals surface area contributed by atoms with Crippen LogP contribution >= 0.6 is 15.9 Å². The van der Waals surface area contributed by atoms with Crippen LogP contribution in [0.25, 0.3) is 0 Å². The van der Waals surface area contributed by atoms with Crippen molar-refractivity contribution in [3.8, 4) is 0 Å². The van der Waals surface area contributed by atoms with Crippen molar-refractivity contribution in [1.82, 2.24) is 20.9 Å². The lowest BCUT2D eigenvalue weighted by Crippen LogP contribution is -2.63. The summed E-state index contributed by atoms with van der Waals surface area (Å²) in [6, 6.07) is -1.09. The number of carbonyl (C=O) groups excluding carboxylic acids is 3. The summed E-state index contributed by atoms with van der Waals surface area (Å²) < 4.78 is 40.2. The van der Waals surface area contributed by atoms with Gasteiger partial charge in [-0.15, -0.1) is 0 Å². The van der Waals surface area contributed by atoms with Crippen LogP contribution in [0.3, 0.4) is 0 Å². The second-order valence-corrected chi connectivity index (χ2v) is 13.1. The van der Waals surface area contributed by atoms with Crippen molar-refractivity contribution in [2.45, 2.75) is 61.2 Å². The number of aliphatic hydroxyl groups is 1. The number of allylic oxidation sites excluding steroid dienone is 7. The van der Waals surface area contributed by atoms with Crippen molar-refractivity contribution >= 4 is 39.6 Å². The zero-order valence-electron chi connectivity index (χ0n) is 25.1. The van der Waals surface area contributed by atoms with Crippen LogP contribution in [0.15, 0.2) is 94.5 Å². The molecule has 0 radical (unpaired) electrons. The van der Waals surface area contributed by atoms with Crippen LogP contribution < -0.4 is 16.0 Å². The van der Waals surface area contributed by atoms with E-state index in [4.69, 9.17) is 0 Å². The molecule has 1 aliphatic heterocycles. The summed E-state index contributed by atoms with van der Waals surface area (Å²) in [6.45, 7) is -0.568. The molecule has 47 heavy (non-hydrogen) atoms. The zero-order chi connectivity index (χ0) is 33.9. The van der Waals surface area contributed by atoms with Crippen LogP contribution in [0.2, 0.25) is 0 Å². The van der Waals surface area contributed by atoms with Gasteiger partial charge in [0.05, 0.1) is 29.3 Å². The number of carbonyl (C=O) groups is 4. The molecule has 0 aromatic heterocycles. The number of hydrogen-bond donors (Lipinski definition) is 5. The molecule has 0 bridgehead atoms. The molecule has 1 fully saturated rings. The number of carboxylic acids is 1. The van der Waals surface area contributed by atoms with Crippen molar-refractivity contribution in [3.05, 3.63) is 94.5 Å². The summed E-state index contributed by atoms with van der Waals surface area (Å²) in [6.07, 6.45) is 12.2. The number of aliphatic carboxylic acids is 1. The lowest BCUT2D eigenvalue weighted by molar-refractivity contribution is -0.145. The van der Waals surface area contributed by atoms with Crippen LogP contribution in [0.5, 0.6) is 0 Å². The van der Waals surface area contributed by atoms with Crippen molar-refractivity contribution in [2.75, 3.05) is 13.1 Å². The molecule has 3 amide bonds. The van der Waals surface area contributed by atoms with E-state index in [9.17, 15) is 42.6 Å². The van der Waals surface area contributed by atoms with Gasteiger partial charge < -0.3 is 25.7 Å². The molecule has 0 saturated carbocycles. The Hall–Kier alpha value is -4.17. The van der Waals surface area contributed by atoms with Crippen molar-refractivity contribution in [2.24, 2.45) is 5.92 Å². The maximum Gasteiger partial charge on any atom is 0.416 e. The predicted octanol–water partition coefficient (Wildman–Crippen LogP) is 3.93. The highest BCUT2D eigenvalue weighted by molar-refractivity contribution is 9.09. The Labute approximate surface area is 277 Å². The Morgan fingerprint density at radius 1 is 1.04 bits per heavy atom. The Bertz CT molecular complexity index is 1590. The van der Waals surface area contributed by atoms with Gasteiger partial charge in [0.15, 0.2) is 0 Å². The van der Waals surface area contributed by atoms with Crippen molar-refractivity contribution in [3.63, 3.8) is 0 Å². The molecule has 5 atom stereocenters. The van der Waals surface area contributed by atoms with Gasteiger partial charge in [0.25, 0.3) is 0 Å². The van der Waals surface area contributed by atoms with Gasteiger partial charge in [0.1, 0.15) is 12.6 Å². The summed E-state index contributed by atoms with van der Waals surface area (Å²) in [5, 5.41) is 28.0. The first-order chi connectivity index (χ1) is 22.3. The van der Waals surface area contributed by atoms with Gasteiger partial charge in [-0.2, -0.15) is 13.2 Å². The van der Waals surface area contributed by atoms with E-state index in [1.807, 2.05) is 24.3 Å². The molecule has 1 heterocycles. The van der Waals surface area contributed by atoms with Gasteiger partial charge in [-0.1, -0.05) is 64.5 Å². The molecule has 1 saturated heterocycles. The third-order valence-corrected chi connectivity index (χ3v) is 9.08. The maximum absolute atomic E-state index is 13.4. The number of fused-ring (bicyclic) bond motifs is 1. The van der Waals surface area contributed by atoms with Gasteiger partial charge >= 0.3 is 12.1 Å². The van der Waals surface area contributed by atoms with E-state index in [1.165, 1.54) is 17.1 Å². The van der Waals surface area contributed by atoms with Crippen molar-refractivity contribution in [1.29, 1.82) is 0 Å². The summed E-state index contributed by atoms with van der Waals surface area (Å²) in [4.78, 5) is 52.0. The van der Waals surface area contributed by atoms with E-state index in [-0.39, 0.29) is 54.2 Å². The fourth-order valence-corrected chi connectivity index (χ4v) is 6.41. The number of aliphatic hydroxyl groups excluding tert-OH is 1. The highest BCUT2D eigenvalue weighted by Crippen LogP contribution is 2.36. The monoisotopic (exact) mass is 718 g/mol. The number of hydrogen-bond acceptors (Lipinski definition) is 6. The number of halogens is 4. The van der Waals surface area contributed by atoms with E-state index < -0.39 is 60.2 Å². The Kier molecular flexibility index (Phi) is 10.4. The van der Waals surface area contributed by atoms with E-state index in [0.717, 1.165) is 12.0 Å². The molecule has 0 spiro atoms. The predicted molar refractivity (Wildman–Crippen MR) is 170 cm³/mol. The largest absolute Gasteiger partial charge is 0.512 e. The van der Waals surface area contributed by atoms with Crippen molar-refractivity contribution < 1.29 is 42.6 Å². The smallest absolute Gasteiger partial charge is 0.416 e. The van der Waals surface area contributed by atoms with Gasteiger partial charge in [0, 0.05) is 29.9 Å². The lowest BCUT2D eigenvalue weighted by atomic mass is 9.90. The van der Waals surface area contributed by atoms with E-state index in [2.05, 4.69) is 31.9 Å². The van der Waals surface area contributed by atoms with Crippen LogP contribution in [0, 0.1) is 5.92 Å². The highest BCUT2D eigenvalue weighted by atomic mass is 79.9. The summed E-state index contributed by atoms with van der Waals surface area (Å²) in [5.74, 6) is -3.63. The van der Waals surface area contributed by atoms with Crippen LogP contribution in [0.4, 0.5) is 13.2 Å². The molecule has 0 aromatic rings. The molecule has 10 nitrogen and oxygen atoms in total. The molecule has 5 rings (SSSR count). The number of amides is 3. The van der Waals surface area contributed by atoms with Crippen LogP contribution in [-0.2, 0) is 19.2 Å². The zero-order valence-corrected chi connectivity index (χ0v) is 26.7. The highest BCUT2D eigenvalue weighted by Gasteiger charge is 2.38. The van der Waals surface area contributed by atoms with Gasteiger partial charge in [-0.3, -0.25) is 24.5 Å².